The molecular weight excluding hydrogens is 302 g/mol. The lowest BCUT2D eigenvalue weighted by Crippen LogP contribution is -2.21. The minimum atomic E-state index is -0.309. The Balaban J connectivity index is 1.71. The van der Waals surface area contributed by atoms with E-state index in [4.69, 9.17) is 4.74 Å². The van der Waals surface area contributed by atoms with E-state index in [-0.39, 0.29) is 18.3 Å². The molecule has 0 aliphatic rings. The first-order valence-electron chi connectivity index (χ1n) is 7.65. The Morgan fingerprint density at radius 1 is 0.917 bits per heavy atom. The van der Waals surface area contributed by atoms with E-state index in [0.717, 1.165) is 10.8 Å². The number of fused-ring (bicyclic) bond motifs is 1. The summed E-state index contributed by atoms with van der Waals surface area (Å²) in [7, 11) is 0. The summed E-state index contributed by atoms with van der Waals surface area (Å²) in [6, 6.07) is 20.5. The van der Waals surface area contributed by atoms with E-state index in [2.05, 4.69) is 5.32 Å². The molecule has 3 aromatic carbocycles. The third-order valence-corrected chi connectivity index (χ3v) is 3.69. The van der Waals surface area contributed by atoms with Crippen molar-refractivity contribution in [2.24, 2.45) is 0 Å². The van der Waals surface area contributed by atoms with Gasteiger partial charge >= 0.3 is 0 Å². The van der Waals surface area contributed by atoms with Crippen molar-refractivity contribution >= 4 is 28.2 Å². The minimum absolute atomic E-state index is 0.0964. The van der Waals surface area contributed by atoms with E-state index in [1.54, 1.807) is 24.3 Å². The molecule has 1 N–H and O–H groups in total. The number of ether oxygens (including phenoxy) is 1. The zero-order valence-electron chi connectivity index (χ0n) is 13.3. The molecule has 0 unspecified atom stereocenters. The molecule has 0 saturated heterocycles. The van der Waals surface area contributed by atoms with E-state index >= 15 is 0 Å². The van der Waals surface area contributed by atoms with Gasteiger partial charge in [-0.05, 0) is 30.5 Å². The van der Waals surface area contributed by atoms with Crippen LogP contribution in [0.2, 0.25) is 0 Å². The van der Waals surface area contributed by atoms with Crippen LogP contribution in [0.15, 0.2) is 66.7 Å². The number of Topliss-reactive ketones (excluding diaryl/α,β-unsaturated/α-hetero) is 1. The molecule has 0 bridgehead atoms. The first-order valence-corrected chi connectivity index (χ1v) is 7.65. The zero-order valence-corrected chi connectivity index (χ0v) is 13.3. The Hall–Kier alpha value is -3.14. The highest BCUT2D eigenvalue weighted by Gasteiger charge is 2.10. The Morgan fingerprint density at radius 3 is 2.46 bits per heavy atom. The maximum absolute atomic E-state index is 12.1. The molecule has 0 aromatic heterocycles. The summed E-state index contributed by atoms with van der Waals surface area (Å²) >= 11 is 0. The van der Waals surface area contributed by atoms with Crippen molar-refractivity contribution < 1.29 is 14.3 Å². The number of nitrogens with one attached hydrogen (secondary N) is 1. The number of hydrogen-bond donors (Lipinski definition) is 1. The number of benzene rings is 3. The minimum Gasteiger partial charge on any atom is -0.483 e. The van der Waals surface area contributed by atoms with Gasteiger partial charge in [-0.15, -0.1) is 0 Å². The molecule has 4 nitrogen and oxygen atoms in total. The van der Waals surface area contributed by atoms with Gasteiger partial charge in [0.05, 0.1) is 5.69 Å². The van der Waals surface area contributed by atoms with Gasteiger partial charge in [0, 0.05) is 10.9 Å². The van der Waals surface area contributed by atoms with Gasteiger partial charge < -0.3 is 10.1 Å². The van der Waals surface area contributed by atoms with Crippen molar-refractivity contribution in [1.82, 2.24) is 0 Å². The van der Waals surface area contributed by atoms with Crippen LogP contribution in [-0.4, -0.2) is 18.3 Å². The first kappa shape index (κ1) is 15.7. The number of carbonyl (C=O) groups excluding carboxylic acids is 2. The van der Waals surface area contributed by atoms with E-state index in [0.29, 0.717) is 17.0 Å². The summed E-state index contributed by atoms with van der Waals surface area (Å²) in [5.41, 5.74) is 0.979. The van der Waals surface area contributed by atoms with Crippen LogP contribution >= 0.6 is 0 Å². The van der Waals surface area contributed by atoms with Gasteiger partial charge in [0.15, 0.2) is 12.4 Å². The maximum atomic E-state index is 12.1. The average Bonchev–Trinajstić information content (AvgIpc) is 2.60. The molecule has 1 amide bonds. The van der Waals surface area contributed by atoms with Crippen LogP contribution in [0.25, 0.3) is 10.8 Å². The van der Waals surface area contributed by atoms with Crippen LogP contribution in [0.4, 0.5) is 5.69 Å². The van der Waals surface area contributed by atoms with Crippen molar-refractivity contribution in [3.8, 4) is 5.75 Å². The van der Waals surface area contributed by atoms with Crippen LogP contribution < -0.4 is 10.1 Å². The predicted octanol–water partition coefficient (Wildman–Crippen LogP) is 4.06. The van der Waals surface area contributed by atoms with Gasteiger partial charge in [0.2, 0.25) is 0 Å². The lowest BCUT2D eigenvalue weighted by molar-refractivity contribution is -0.118. The highest BCUT2D eigenvalue weighted by molar-refractivity contribution is 6.04. The molecule has 0 aliphatic carbocycles. The lowest BCUT2D eigenvalue weighted by Gasteiger charge is -2.11. The number of ketones is 1. The van der Waals surface area contributed by atoms with Gasteiger partial charge in [0.1, 0.15) is 5.75 Å². The van der Waals surface area contributed by atoms with Crippen molar-refractivity contribution in [3.63, 3.8) is 0 Å². The molecule has 0 spiro atoms. The molecule has 0 fully saturated rings. The van der Waals surface area contributed by atoms with Crippen molar-refractivity contribution in [1.29, 1.82) is 0 Å². The highest BCUT2D eigenvalue weighted by Crippen LogP contribution is 2.25. The Morgan fingerprint density at radius 2 is 1.62 bits per heavy atom. The molecule has 3 aromatic rings. The molecule has 120 valence electrons. The average molecular weight is 319 g/mol. The zero-order chi connectivity index (χ0) is 16.9. The normalized spacial score (nSPS) is 10.4. The van der Waals surface area contributed by atoms with E-state index in [1.807, 2.05) is 42.5 Å². The largest absolute Gasteiger partial charge is 0.483 e. The van der Waals surface area contributed by atoms with E-state index in [9.17, 15) is 9.59 Å². The molecule has 0 atom stereocenters. The van der Waals surface area contributed by atoms with Crippen LogP contribution in [0, 0.1) is 0 Å². The lowest BCUT2D eigenvalue weighted by atomic mass is 10.1. The first-order chi connectivity index (χ1) is 11.6. The third kappa shape index (κ3) is 3.43. The standard InChI is InChI=1S/C20H17NO3/c1-14(22)16-9-4-5-11-18(16)21-20(23)13-24-19-12-6-8-15-7-2-3-10-17(15)19/h2-12H,13H2,1H3,(H,21,23). The molecular formula is C20H17NO3. The Labute approximate surface area is 140 Å². The fraction of sp³-hybridized carbons (Fsp3) is 0.100. The van der Waals surface area contributed by atoms with Gasteiger partial charge in [-0.3, -0.25) is 9.59 Å². The molecule has 3 rings (SSSR count). The van der Waals surface area contributed by atoms with E-state index in [1.165, 1.54) is 6.92 Å². The van der Waals surface area contributed by atoms with Gasteiger partial charge in [-0.1, -0.05) is 48.5 Å². The number of amides is 1. The molecule has 24 heavy (non-hydrogen) atoms. The summed E-state index contributed by atoms with van der Waals surface area (Å²) in [5, 5.41) is 4.73. The highest BCUT2D eigenvalue weighted by atomic mass is 16.5. The second kappa shape index (κ2) is 6.96. The summed E-state index contributed by atoms with van der Waals surface area (Å²) in [6.45, 7) is 1.35. The summed E-state index contributed by atoms with van der Waals surface area (Å²) < 4.78 is 5.66. The quantitative estimate of drug-likeness (QED) is 0.722. The van der Waals surface area contributed by atoms with Gasteiger partial charge in [-0.25, -0.2) is 0 Å². The fourth-order valence-electron chi connectivity index (χ4n) is 2.55. The van der Waals surface area contributed by atoms with Gasteiger partial charge in [0.25, 0.3) is 5.91 Å². The van der Waals surface area contributed by atoms with Crippen LogP contribution in [0.1, 0.15) is 17.3 Å². The van der Waals surface area contributed by atoms with Crippen LogP contribution in [0.3, 0.4) is 0 Å². The van der Waals surface area contributed by atoms with Crippen LogP contribution in [-0.2, 0) is 4.79 Å². The number of anilines is 1. The molecule has 0 radical (unpaired) electrons. The van der Waals surface area contributed by atoms with Crippen molar-refractivity contribution in [2.45, 2.75) is 6.92 Å². The molecule has 4 heteroatoms. The smallest absolute Gasteiger partial charge is 0.262 e. The molecule has 0 heterocycles. The second-order valence-electron chi connectivity index (χ2n) is 5.42. The predicted molar refractivity (Wildman–Crippen MR) is 94.5 cm³/mol. The number of carbonyl (C=O) groups is 2. The number of hydrogen-bond acceptors (Lipinski definition) is 3. The van der Waals surface area contributed by atoms with Crippen LogP contribution in [0.5, 0.6) is 5.75 Å². The SMILES string of the molecule is CC(=O)c1ccccc1NC(=O)COc1cccc2ccccc12. The van der Waals surface area contributed by atoms with Gasteiger partial charge in [-0.2, -0.15) is 0 Å². The number of rotatable bonds is 5. The molecule has 0 saturated carbocycles. The fourth-order valence-corrected chi connectivity index (χ4v) is 2.55. The maximum Gasteiger partial charge on any atom is 0.262 e. The van der Waals surface area contributed by atoms with Crippen molar-refractivity contribution in [2.75, 3.05) is 11.9 Å². The topological polar surface area (TPSA) is 55.4 Å². The summed E-state index contributed by atoms with van der Waals surface area (Å²) in [5.74, 6) is 0.251. The second-order valence-corrected chi connectivity index (χ2v) is 5.42. The molecule has 0 aliphatic heterocycles. The number of para-hydroxylation sites is 1. The van der Waals surface area contributed by atoms with E-state index < -0.39 is 0 Å². The monoisotopic (exact) mass is 319 g/mol. The summed E-state index contributed by atoms with van der Waals surface area (Å²) in [4.78, 5) is 23.7. The Bertz CT molecular complexity index is 897. The summed E-state index contributed by atoms with van der Waals surface area (Å²) in [6.07, 6.45) is 0. The van der Waals surface area contributed by atoms with Crippen molar-refractivity contribution in [3.05, 3.63) is 72.3 Å². The third-order valence-electron chi connectivity index (χ3n) is 3.69. The Kier molecular flexibility index (Phi) is 4.57.